The highest BCUT2D eigenvalue weighted by Crippen LogP contribution is 2.06. The molecule has 2 aromatic heterocycles. The molecule has 0 aromatic carbocycles. The van der Waals surface area contributed by atoms with Crippen molar-refractivity contribution in [2.45, 2.75) is 26.4 Å². The molecule has 6 nitrogen and oxygen atoms in total. The van der Waals surface area contributed by atoms with E-state index in [0.717, 1.165) is 23.8 Å². The number of H-pyrrole nitrogens is 2. The zero-order valence-electron chi connectivity index (χ0n) is 8.78. The number of hydrogen-bond donors (Lipinski definition) is 3. The molecule has 0 aliphatic rings. The highest BCUT2D eigenvalue weighted by molar-refractivity contribution is 5.08. The average molecular weight is 206 g/mol. The molecule has 0 aliphatic heterocycles. The van der Waals surface area contributed by atoms with Crippen LogP contribution in [-0.4, -0.2) is 25.1 Å². The molecule has 80 valence electrons. The van der Waals surface area contributed by atoms with Gasteiger partial charge >= 0.3 is 0 Å². The number of nitrogens with one attached hydrogen (secondary N) is 3. The van der Waals surface area contributed by atoms with Crippen molar-refractivity contribution < 1.29 is 0 Å². The zero-order chi connectivity index (χ0) is 10.7. The number of aryl methyl sites for hydroxylation is 1. The van der Waals surface area contributed by atoms with Crippen molar-refractivity contribution in [3.63, 3.8) is 0 Å². The van der Waals surface area contributed by atoms with E-state index < -0.39 is 0 Å². The molecule has 2 heterocycles. The number of aromatic amines is 2. The normalized spacial score (nSPS) is 12.9. The van der Waals surface area contributed by atoms with Crippen LogP contribution in [0.15, 0.2) is 12.7 Å². The van der Waals surface area contributed by atoms with Gasteiger partial charge in [-0.3, -0.25) is 5.10 Å². The molecule has 6 heteroatoms. The lowest BCUT2D eigenvalue weighted by Gasteiger charge is -2.09. The molecule has 1 atom stereocenters. The van der Waals surface area contributed by atoms with Gasteiger partial charge in [0.1, 0.15) is 12.2 Å². The lowest BCUT2D eigenvalue weighted by molar-refractivity contribution is 0.542. The zero-order valence-corrected chi connectivity index (χ0v) is 8.78. The van der Waals surface area contributed by atoms with Gasteiger partial charge in [0.15, 0.2) is 0 Å². The molecule has 0 spiro atoms. The smallest absolute Gasteiger partial charge is 0.141 e. The van der Waals surface area contributed by atoms with E-state index in [4.69, 9.17) is 0 Å². The van der Waals surface area contributed by atoms with Crippen molar-refractivity contribution in [3.8, 4) is 0 Å². The van der Waals surface area contributed by atoms with Crippen molar-refractivity contribution in [3.05, 3.63) is 29.9 Å². The van der Waals surface area contributed by atoms with Crippen LogP contribution in [0, 0.1) is 6.92 Å². The van der Waals surface area contributed by atoms with Crippen LogP contribution in [0.2, 0.25) is 0 Å². The maximum atomic E-state index is 4.20. The van der Waals surface area contributed by atoms with E-state index in [9.17, 15) is 0 Å². The Hall–Kier alpha value is -1.69. The van der Waals surface area contributed by atoms with Crippen LogP contribution in [-0.2, 0) is 6.54 Å². The Morgan fingerprint density at radius 2 is 2.33 bits per heavy atom. The summed E-state index contributed by atoms with van der Waals surface area (Å²) in [5, 5.41) is 9.95. The largest absolute Gasteiger partial charge is 0.348 e. The third-order valence-electron chi connectivity index (χ3n) is 2.35. The van der Waals surface area contributed by atoms with Gasteiger partial charge in [0.05, 0.1) is 18.1 Å². The highest BCUT2D eigenvalue weighted by atomic mass is 15.2. The van der Waals surface area contributed by atoms with Gasteiger partial charge in [0.25, 0.3) is 0 Å². The molecular weight excluding hydrogens is 192 g/mol. The number of imidazole rings is 1. The summed E-state index contributed by atoms with van der Waals surface area (Å²) in [6.45, 7) is 4.75. The van der Waals surface area contributed by atoms with Gasteiger partial charge < -0.3 is 10.3 Å². The quantitative estimate of drug-likeness (QED) is 0.687. The average Bonchev–Trinajstić information content (AvgIpc) is 2.85. The van der Waals surface area contributed by atoms with E-state index in [-0.39, 0.29) is 6.04 Å². The number of nitrogens with zero attached hydrogens (tertiary/aromatic N) is 3. The summed E-state index contributed by atoms with van der Waals surface area (Å²) in [6, 6.07) is 0.142. The number of rotatable bonds is 4. The molecule has 3 N–H and O–H groups in total. The van der Waals surface area contributed by atoms with Crippen molar-refractivity contribution in [1.82, 2.24) is 30.5 Å². The van der Waals surface area contributed by atoms with Crippen LogP contribution < -0.4 is 5.32 Å². The Morgan fingerprint density at radius 1 is 1.47 bits per heavy atom. The molecular formula is C9H14N6. The van der Waals surface area contributed by atoms with Crippen LogP contribution in [0.1, 0.15) is 30.2 Å². The Bertz CT molecular complexity index is 404. The Morgan fingerprint density at radius 3 is 2.93 bits per heavy atom. The molecule has 0 amide bonds. The van der Waals surface area contributed by atoms with Crippen molar-refractivity contribution in [2.24, 2.45) is 0 Å². The minimum absolute atomic E-state index is 0.142. The fourth-order valence-electron chi connectivity index (χ4n) is 1.34. The maximum absolute atomic E-state index is 4.20. The van der Waals surface area contributed by atoms with E-state index in [1.807, 2.05) is 13.8 Å². The van der Waals surface area contributed by atoms with Crippen LogP contribution in [0.5, 0.6) is 0 Å². The van der Waals surface area contributed by atoms with E-state index >= 15 is 0 Å². The van der Waals surface area contributed by atoms with E-state index in [0.29, 0.717) is 0 Å². The molecule has 0 fully saturated rings. The van der Waals surface area contributed by atoms with E-state index in [2.05, 4.69) is 30.5 Å². The molecule has 0 saturated heterocycles. The molecule has 2 aromatic rings. The van der Waals surface area contributed by atoms with Crippen LogP contribution in [0.4, 0.5) is 0 Å². The van der Waals surface area contributed by atoms with Crippen LogP contribution in [0.3, 0.4) is 0 Å². The van der Waals surface area contributed by atoms with Gasteiger partial charge in [-0.1, -0.05) is 0 Å². The third kappa shape index (κ3) is 2.21. The van der Waals surface area contributed by atoms with Crippen LogP contribution >= 0.6 is 0 Å². The second-order valence-corrected chi connectivity index (χ2v) is 3.45. The lowest BCUT2D eigenvalue weighted by atomic mass is 10.3. The van der Waals surface area contributed by atoms with Gasteiger partial charge in [0, 0.05) is 12.2 Å². The van der Waals surface area contributed by atoms with E-state index in [1.165, 1.54) is 6.33 Å². The van der Waals surface area contributed by atoms with Gasteiger partial charge in [-0.15, -0.1) is 0 Å². The molecule has 2 rings (SSSR count). The number of hydrogen-bond acceptors (Lipinski definition) is 4. The first-order valence-electron chi connectivity index (χ1n) is 4.85. The lowest BCUT2D eigenvalue weighted by Crippen LogP contribution is -2.19. The summed E-state index contributed by atoms with van der Waals surface area (Å²) >= 11 is 0. The van der Waals surface area contributed by atoms with Gasteiger partial charge in [-0.05, 0) is 13.8 Å². The monoisotopic (exact) mass is 206 g/mol. The first kappa shape index (κ1) is 9.85. The van der Waals surface area contributed by atoms with Crippen LogP contribution in [0.25, 0.3) is 0 Å². The fraction of sp³-hybridized carbons (Fsp3) is 0.444. The number of aromatic nitrogens is 5. The Labute approximate surface area is 87.5 Å². The molecule has 0 aliphatic carbocycles. The predicted octanol–water partition coefficient (Wildman–Crippen LogP) is 0.687. The summed E-state index contributed by atoms with van der Waals surface area (Å²) < 4.78 is 0. The Balaban J connectivity index is 1.91. The summed E-state index contributed by atoms with van der Waals surface area (Å²) in [6.07, 6.45) is 3.21. The van der Waals surface area contributed by atoms with Crippen molar-refractivity contribution in [2.75, 3.05) is 0 Å². The minimum Gasteiger partial charge on any atom is -0.348 e. The Kier molecular flexibility index (Phi) is 2.77. The summed E-state index contributed by atoms with van der Waals surface area (Å²) in [5.74, 6) is 0.836. The summed E-state index contributed by atoms with van der Waals surface area (Å²) in [4.78, 5) is 11.3. The molecule has 1 unspecified atom stereocenters. The van der Waals surface area contributed by atoms with Gasteiger partial charge in [-0.2, -0.15) is 5.10 Å². The fourth-order valence-corrected chi connectivity index (χ4v) is 1.34. The molecule has 0 radical (unpaired) electrons. The van der Waals surface area contributed by atoms with Crippen molar-refractivity contribution in [1.29, 1.82) is 0 Å². The minimum atomic E-state index is 0.142. The standard InChI is InChI=1S/C9H14N6/c1-6-8(12-4-11-6)3-10-7(2)9-13-5-14-15-9/h4-5,7,10H,3H2,1-2H3,(H,11,12)(H,13,14,15). The van der Waals surface area contributed by atoms with E-state index in [1.54, 1.807) is 6.33 Å². The first-order valence-corrected chi connectivity index (χ1v) is 4.85. The first-order chi connectivity index (χ1) is 7.27. The maximum Gasteiger partial charge on any atom is 0.141 e. The predicted molar refractivity (Wildman–Crippen MR) is 55.0 cm³/mol. The van der Waals surface area contributed by atoms with Gasteiger partial charge in [0.2, 0.25) is 0 Å². The van der Waals surface area contributed by atoms with Crippen molar-refractivity contribution >= 4 is 0 Å². The third-order valence-corrected chi connectivity index (χ3v) is 2.35. The second kappa shape index (κ2) is 4.22. The summed E-state index contributed by atoms with van der Waals surface area (Å²) in [7, 11) is 0. The molecule has 0 bridgehead atoms. The highest BCUT2D eigenvalue weighted by Gasteiger charge is 2.08. The topological polar surface area (TPSA) is 82.3 Å². The molecule has 15 heavy (non-hydrogen) atoms. The van der Waals surface area contributed by atoms with Gasteiger partial charge in [-0.25, -0.2) is 9.97 Å². The molecule has 0 saturated carbocycles. The summed E-state index contributed by atoms with van der Waals surface area (Å²) in [5.41, 5.74) is 2.12. The second-order valence-electron chi connectivity index (χ2n) is 3.45. The SMILES string of the molecule is Cc1[nH]cnc1CNC(C)c1ncn[nH]1.